The Kier molecular flexibility index (Phi) is 16.6. The summed E-state index contributed by atoms with van der Waals surface area (Å²) in [6.45, 7) is 4.42. The number of nitrogens with two attached hydrogens (primary N) is 1. The van der Waals surface area contributed by atoms with Gasteiger partial charge in [0.25, 0.3) is 10.0 Å². The van der Waals surface area contributed by atoms with Crippen molar-refractivity contribution in [2.45, 2.75) is 89.6 Å². The van der Waals surface area contributed by atoms with Crippen LogP contribution in [0.15, 0.2) is 82.1 Å². The number of rotatable bonds is 20. The van der Waals surface area contributed by atoms with Crippen molar-refractivity contribution in [1.29, 1.82) is 0 Å². The predicted octanol–water partition coefficient (Wildman–Crippen LogP) is 5.38. The molecule has 0 aliphatic rings. The maximum atomic E-state index is 14.1. The van der Waals surface area contributed by atoms with Gasteiger partial charge < -0.3 is 31.3 Å². The molecule has 2 heterocycles. The molecular formula is C38H50N8O6S3. The molecule has 5 N–H and O–H groups in total. The van der Waals surface area contributed by atoms with Crippen LogP contribution in [0, 0.1) is 0 Å². The normalized spacial score (nSPS) is 13.4. The Hall–Kier alpha value is -4.87. The minimum Gasteiger partial charge on any atom is -0.444 e. The van der Waals surface area contributed by atoms with Crippen LogP contribution in [0.1, 0.15) is 72.2 Å². The number of nitrogens with zero attached hydrogens (tertiary/aromatic N) is 4. The molecule has 0 saturated carbocycles. The van der Waals surface area contributed by atoms with E-state index in [4.69, 9.17) is 10.5 Å². The van der Waals surface area contributed by atoms with E-state index in [1.807, 2.05) is 79.9 Å². The summed E-state index contributed by atoms with van der Waals surface area (Å²) in [5.74, 6) is -0.396. The number of hydrogen-bond acceptors (Lipinski definition) is 10. The maximum Gasteiger partial charge on any atom is 0.407 e. The zero-order chi connectivity index (χ0) is 39.8. The molecule has 3 atom stereocenters. The van der Waals surface area contributed by atoms with Gasteiger partial charge in [0.15, 0.2) is 0 Å². The first-order chi connectivity index (χ1) is 26.2. The maximum absolute atomic E-state index is 14.1. The Bertz CT molecular complexity index is 1940. The number of aromatic nitrogens is 2. The van der Waals surface area contributed by atoms with Gasteiger partial charge in [-0.3, -0.25) is 9.78 Å². The molecule has 0 aliphatic carbocycles. The number of ether oxygens (including phenoxy) is 1. The van der Waals surface area contributed by atoms with Gasteiger partial charge in [-0.25, -0.2) is 23.0 Å². The van der Waals surface area contributed by atoms with Crippen molar-refractivity contribution >= 4 is 56.6 Å². The second-order valence-electron chi connectivity index (χ2n) is 13.6. The number of nitrogens with one attached hydrogen (secondary N) is 3. The van der Waals surface area contributed by atoms with Crippen molar-refractivity contribution in [3.8, 4) is 0 Å². The number of benzene rings is 2. The summed E-state index contributed by atoms with van der Waals surface area (Å²) in [5, 5.41) is 11.8. The molecule has 4 aromatic rings. The number of sulfonamides is 1. The largest absolute Gasteiger partial charge is 0.444 e. The van der Waals surface area contributed by atoms with E-state index in [0.29, 0.717) is 25.7 Å². The Morgan fingerprint density at radius 1 is 0.909 bits per heavy atom. The minimum absolute atomic E-state index is 0.00763. The fourth-order valence-electron chi connectivity index (χ4n) is 5.66. The average molecular weight is 811 g/mol. The van der Waals surface area contributed by atoms with Crippen molar-refractivity contribution in [2.75, 3.05) is 13.3 Å². The van der Waals surface area contributed by atoms with E-state index >= 15 is 0 Å². The summed E-state index contributed by atoms with van der Waals surface area (Å²) in [4.78, 5) is 51.4. The fraction of sp³-hybridized carbons (Fsp3) is 0.421. The lowest BCUT2D eigenvalue weighted by molar-refractivity contribution is -0.123. The van der Waals surface area contributed by atoms with Gasteiger partial charge in [0, 0.05) is 43.0 Å². The summed E-state index contributed by atoms with van der Waals surface area (Å²) >= 11 is 2.92. The first kappa shape index (κ1) is 42.9. The standard InChI is InChI=1S/C38H50N8O6S3/c1-26(2)36-42-31(24-53-36)22-46(3)37(48)44-33(17-18-34(39)45-55(4,50)51)35(47)41-29(19-27-11-7-5-8-12-27)15-16-30(20-28-13-9-6-10-14-28)43-38(49)52-23-32-21-40-25-54-32/h5-14,21,24-26,29-30,33H,15-20,22-23H2,1-4H3,(H2,39,45)(H,41,47)(H,43,49)(H,44,48). The van der Waals surface area contributed by atoms with Gasteiger partial charge in [0.1, 0.15) is 18.5 Å². The van der Waals surface area contributed by atoms with Gasteiger partial charge in [-0.05, 0) is 43.2 Å². The number of alkyl carbamates (subject to hydrolysis) is 1. The lowest BCUT2D eigenvalue weighted by atomic mass is 9.95. The second kappa shape index (κ2) is 21.3. The lowest BCUT2D eigenvalue weighted by Gasteiger charge is -2.27. The average Bonchev–Trinajstić information content (AvgIpc) is 3.84. The Labute approximate surface area is 331 Å². The van der Waals surface area contributed by atoms with E-state index < -0.39 is 40.1 Å². The molecule has 0 spiro atoms. The first-order valence-electron chi connectivity index (χ1n) is 17.9. The third-order valence-electron chi connectivity index (χ3n) is 8.41. The van der Waals surface area contributed by atoms with Crippen LogP contribution in [0.3, 0.4) is 0 Å². The van der Waals surface area contributed by atoms with E-state index in [2.05, 4.69) is 30.3 Å². The summed E-state index contributed by atoms with van der Waals surface area (Å²) in [5.41, 5.74) is 10.3. The summed E-state index contributed by atoms with van der Waals surface area (Å²) in [6, 6.07) is 17.1. The quantitative estimate of drug-likeness (QED) is 0.0669. The Morgan fingerprint density at radius 3 is 2.07 bits per heavy atom. The van der Waals surface area contributed by atoms with Gasteiger partial charge >= 0.3 is 12.1 Å². The van der Waals surface area contributed by atoms with E-state index in [9.17, 15) is 22.8 Å². The number of urea groups is 1. The monoisotopic (exact) mass is 810 g/mol. The van der Waals surface area contributed by atoms with Gasteiger partial charge in [-0.1, -0.05) is 74.5 Å². The van der Waals surface area contributed by atoms with Crippen LogP contribution in [0.4, 0.5) is 9.59 Å². The van der Waals surface area contributed by atoms with Crippen molar-refractivity contribution < 1.29 is 27.5 Å². The SMILES string of the molecule is CC(C)c1nc(CN(C)C(=O)NC(CC/C(N)=N\S(C)(=O)=O)C(=O)NC(CCC(Cc2ccccc2)NC(=O)OCc2cncs2)Cc2ccccc2)cs1. The molecule has 0 aliphatic heterocycles. The molecule has 4 amide bonds. The molecule has 0 bridgehead atoms. The number of carbonyl (C=O) groups is 3. The second-order valence-corrected chi connectivity index (χ2v) is 17.1. The zero-order valence-corrected chi connectivity index (χ0v) is 34.0. The zero-order valence-electron chi connectivity index (χ0n) is 31.5. The van der Waals surface area contributed by atoms with Gasteiger partial charge in [0.05, 0.1) is 33.9 Å². The van der Waals surface area contributed by atoms with E-state index in [-0.39, 0.29) is 43.8 Å². The molecule has 17 heteroatoms. The third kappa shape index (κ3) is 15.8. The minimum atomic E-state index is -3.76. The predicted molar refractivity (Wildman–Crippen MR) is 216 cm³/mol. The van der Waals surface area contributed by atoms with Gasteiger partial charge in [-0.15, -0.1) is 22.7 Å². The molecule has 0 radical (unpaired) electrons. The molecule has 296 valence electrons. The molecule has 0 fully saturated rings. The summed E-state index contributed by atoms with van der Waals surface area (Å²) in [6.07, 6.45) is 3.91. The van der Waals surface area contributed by atoms with Crippen LogP contribution in [-0.4, -0.2) is 78.6 Å². The number of amides is 4. The highest BCUT2D eigenvalue weighted by molar-refractivity contribution is 7.89. The van der Waals surface area contributed by atoms with Crippen molar-refractivity contribution in [3.05, 3.63) is 104 Å². The number of carbonyl (C=O) groups excluding carboxylic acids is 3. The summed E-state index contributed by atoms with van der Waals surface area (Å²) in [7, 11) is -2.15. The fourth-order valence-corrected chi connectivity index (χ4v) is 7.51. The topological polar surface area (TPSA) is 198 Å². The number of hydrogen-bond donors (Lipinski definition) is 4. The molecule has 14 nitrogen and oxygen atoms in total. The smallest absolute Gasteiger partial charge is 0.407 e. The number of thiazole rings is 2. The highest BCUT2D eigenvalue weighted by atomic mass is 32.2. The molecule has 3 unspecified atom stereocenters. The number of amidine groups is 1. The molecule has 0 saturated heterocycles. The van der Waals surface area contributed by atoms with Crippen molar-refractivity contribution in [1.82, 2.24) is 30.8 Å². The van der Waals surface area contributed by atoms with E-state index in [1.165, 1.54) is 27.6 Å². The third-order valence-corrected chi connectivity index (χ3v) is 10.9. The molecular weight excluding hydrogens is 761 g/mol. The van der Waals surface area contributed by atoms with E-state index in [1.54, 1.807) is 18.8 Å². The van der Waals surface area contributed by atoms with Crippen LogP contribution >= 0.6 is 22.7 Å². The van der Waals surface area contributed by atoms with Crippen LogP contribution < -0.4 is 21.7 Å². The first-order valence-corrected chi connectivity index (χ1v) is 21.5. The van der Waals surface area contributed by atoms with Crippen molar-refractivity contribution in [3.63, 3.8) is 0 Å². The van der Waals surface area contributed by atoms with Gasteiger partial charge in [-0.2, -0.15) is 4.40 Å². The Morgan fingerprint density at radius 2 is 1.53 bits per heavy atom. The summed E-state index contributed by atoms with van der Waals surface area (Å²) < 4.78 is 32.5. The van der Waals surface area contributed by atoms with Crippen LogP contribution in [0.25, 0.3) is 0 Å². The van der Waals surface area contributed by atoms with Crippen LogP contribution in [-0.2, 0) is 45.5 Å². The van der Waals surface area contributed by atoms with Gasteiger partial charge in [0.2, 0.25) is 5.91 Å². The van der Waals surface area contributed by atoms with Crippen LogP contribution in [0.2, 0.25) is 0 Å². The van der Waals surface area contributed by atoms with Crippen LogP contribution in [0.5, 0.6) is 0 Å². The molecule has 55 heavy (non-hydrogen) atoms. The highest BCUT2D eigenvalue weighted by Gasteiger charge is 2.27. The Balaban J connectivity index is 1.51. The highest BCUT2D eigenvalue weighted by Crippen LogP contribution is 2.20. The molecule has 2 aromatic carbocycles. The van der Waals surface area contributed by atoms with Crippen molar-refractivity contribution in [2.24, 2.45) is 10.1 Å². The molecule has 4 rings (SSSR count). The molecule has 2 aromatic heterocycles. The lowest BCUT2D eigenvalue weighted by Crippen LogP contribution is -2.53. The van der Waals surface area contributed by atoms with E-state index in [0.717, 1.165) is 33.0 Å².